The first kappa shape index (κ1) is 18.4. The summed E-state index contributed by atoms with van der Waals surface area (Å²) in [4.78, 5) is 25.0. The average molecular weight is 358 g/mol. The van der Waals surface area contributed by atoms with E-state index in [4.69, 9.17) is 0 Å². The van der Waals surface area contributed by atoms with Crippen molar-refractivity contribution in [1.82, 2.24) is 0 Å². The van der Waals surface area contributed by atoms with Crippen LogP contribution in [0.3, 0.4) is 0 Å². The molecular weight excluding hydrogens is 336 g/mol. The molecule has 0 saturated heterocycles. The van der Waals surface area contributed by atoms with Crippen LogP contribution in [0.1, 0.15) is 37.4 Å². The molecule has 3 aromatic rings. The van der Waals surface area contributed by atoms with Gasteiger partial charge >= 0.3 is 0 Å². The van der Waals surface area contributed by atoms with Gasteiger partial charge in [-0.05, 0) is 74.4 Å². The third-order valence-corrected chi connectivity index (χ3v) is 4.18. The van der Waals surface area contributed by atoms with Gasteiger partial charge in [0.25, 0.3) is 11.8 Å². The molecule has 0 fully saturated rings. The van der Waals surface area contributed by atoms with Gasteiger partial charge in [0, 0.05) is 22.5 Å². The zero-order valence-corrected chi connectivity index (χ0v) is 15.7. The van der Waals surface area contributed by atoms with E-state index in [0.29, 0.717) is 11.1 Å². The lowest BCUT2D eigenvalue weighted by atomic mass is 10.1. The van der Waals surface area contributed by atoms with Crippen molar-refractivity contribution < 1.29 is 9.59 Å². The maximum absolute atomic E-state index is 12.6. The molecule has 0 aromatic heterocycles. The Morgan fingerprint density at radius 1 is 0.593 bits per heavy atom. The second-order valence-corrected chi connectivity index (χ2v) is 6.73. The molecule has 2 amide bonds. The molecule has 0 saturated carbocycles. The van der Waals surface area contributed by atoms with Crippen molar-refractivity contribution in [3.8, 4) is 0 Å². The van der Waals surface area contributed by atoms with Crippen LogP contribution in [0.5, 0.6) is 0 Å². The number of carbonyl (C=O) groups is 2. The average Bonchev–Trinajstić information content (AvgIpc) is 2.63. The SMILES string of the molecule is Cc1ccc(NC(=O)c2cccc(C(=O)Nc3cc(C)cc(C)c3)c2)cc1. The third-order valence-electron chi connectivity index (χ3n) is 4.18. The quantitative estimate of drug-likeness (QED) is 0.680. The first-order valence-corrected chi connectivity index (χ1v) is 8.78. The van der Waals surface area contributed by atoms with Crippen LogP contribution in [0, 0.1) is 20.8 Å². The molecule has 136 valence electrons. The monoisotopic (exact) mass is 358 g/mol. The zero-order valence-electron chi connectivity index (χ0n) is 15.7. The van der Waals surface area contributed by atoms with Gasteiger partial charge < -0.3 is 10.6 Å². The standard InChI is InChI=1S/C23H22N2O2/c1-15-7-9-20(10-8-15)24-22(26)18-5-4-6-19(14-18)23(27)25-21-12-16(2)11-17(3)13-21/h4-14H,1-3H3,(H,24,26)(H,25,27). The van der Waals surface area contributed by atoms with Gasteiger partial charge in [0.1, 0.15) is 0 Å². The van der Waals surface area contributed by atoms with Gasteiger partial charge in [-0.25, -0.2) is 0 Å². The molecule has 0 unspecified atom stereocenters. The number of amides is 2. The third kappa shape index (κ3) is 4.82. The van der Waals surface area contributed by atoms with Gasteiger partial charge in [0.2, 0.25) is 0 Å². The minimum atomic E-state index is -0.250. The molecule has 0 heterocycles. The molecule has 0 aliphatic heterocycles. The van der Waals surface area contributed by atoms with Crippen LogP contribution in [-0.2, 0) is 0 Å². The van der Waals surface area contributed by atoms with E-state index < -0.39 is 0 Å². The normalized spacial score (nSPS) is 10.3. The lowest BCUT2D eigenvalue weighted by Gasteiger charge is -2.09. The van der Waals surface area contributed by atoms with Gasteiger partial charge in [-0.2, -0.15) is 0 Å². The van der Waals surface area contributed by atoms with E-state index in [2.05, 4.69) is 10.6 Å². The molecule has 0 bridgehead atoms. The van der Waals surface area contributed by atoms with Crippen LogP contribution >= 0.6 is 0 Å². The summed E-state index contributed by atoms with van der Waals surface area (Å²) < 4.78 is 0. The predicted molar refractivity (Wildman–Crippen MR) is 109 cm³/mol. The van der Waals surface area contributed by atoms with Crippen LogP contribution in [0.25, 0.3) is 0 Å². The number of aryl methyl sites for hydroxylation is 3. The topological polar surface area (TPSA) is 58.2 Å². The minimum absolute atomic E-state index is 0.245. The summed E-state index contributed by atoms with van der Waals surface area (Å²) in [5.74, 6) is -0.495. The minimum Gasteiger partial charge on any atom is -0.322 e. The summed E-state index contributed by atoms with van der Waals surface area (Å²) in [6.07, 6.45) is 0. The first-order chi connectivity index (χ1) is 12.9. The smallest absolute Gasteiger partial charge is 0.255 e. The largest absolute Gasteiger partial charge is 0.322 e. The number of rotatable bonds is 4. The lowest BCUT2D eigenvalue weighted by Crippen LogP contribution is -2.15. The molecule has 27 heavy (non-hydrogen) atoms. The fourth-order valence-electron chi connectivity index (χ4n) is 2.89. The van der Waals surface area contributed by atoms with E-state index in [-0.39, 0.29) is 11.8 Å². The Kier molecular flexibility index (Phi) is 5.36. The number of carbonyl (C=O) groups excluding carboxylic acids is 2. The van der Waals surface area contributed by atoms with E-state index in [1.54, 1.807) is 24.3 Å². The first-order valence-electron chi connectivity index (χ1n) is 8.78. The van der Waals surface area contributed by atoms with Crippen molar-refractivity contribution in [2.24, 2.45) is 0 Å². The van der Waals surface area contributed by atoms with E-state index in [9.17, 15) is 9.59 Å². The molecule has 0 aliphatic rings. The number of benzene rings is 3. The molecule has 2 N–H and O–H groups in total. The number of nitrogens with one attached hydrogen (secondary N) is 2. The molecule has 0 radical (unpaired) electrons. The Morgan fingerprint density at radius 3 is 1.67 bits per heavy atom. The maximum Gasteiger partial charge on any atom is 0.255 e. The highest BCUT2D eigenvalue weighted by Gasteiger charge is 2.11. The Balaban J connectivity index is 1.75. The zero-order chi connectivity index (χ0) is 19.4. The van der Waals surface area contributed by atoms with E-state index >= 15 is 0 Å². The van der Waals surface area contributed by atoms with Crippen LogP contribution < -0.4 is 10.6 Å². The van der Waals surface area contributed by atoms with E-state index in [1.807, 2.05) is 63.2 Å². The predicted octanol–water partition coefficient (Wildman–Crippen LogP) is 5.12. The fourth-order valence-corrected chi connectivity index (χ4v) is 2.89. The van der Waals surface area contributed by atoms with E-state index in [0.717, 1.165) is 28.1 Å². The van der Waals surface area contributed by atoms with Gasteiger partial charge in [0.15, 0.2) is 0 Å². The fraction of sp³-hybridized carbons (Fsp3) is 0.130. The van der Waals surface area contributed by atoms with Crippen LogP contribution in [0.2, 0.25) is 0 Å². The molecule has 0 aliphatic carbocycles. The highest BCUT2D eigenvalue weighted by molar-refractivity contribution is 6.08. The Bertz CT molecular complexity index is 971. The second kappa shape index (κ2) is 7.87. The Hall–Kier alpha value is -3.40. The van der Waals surface area contributed by atoms with Crippen molar-refractivity contribution in [2.75, 3.05) is 10.6 Å². The van der Waals surface area contributed by atoms with Crippen molar-refractivity contribution in [3.63, 3.8) is 0 Å². The van der Waals surface area contributed by atoms with Gasteiger partial charge in [-0.1, -0.05) is 29.8 Å². The summed E-state index contributed by atoms with van der Waals surface area (Å²) in [6, 6.07) is 20.1. The molecule has 4 heteroatoms. The summed E-state index contributed by atoms with van der Waals surface area (Å²) in [6.45, 7) is 5.96. The number of anilines is 2. The van der Waals surface area contributed by atoms with Crippen LogP contribution in [0.4, 0.5) is 11.4 Å². The highest BCUT2D eigenvalue weighted by atomic mass is 16.2. The summed E-state index contributed by atoms with van der Waals surface area (Å²) in [7, 11) is 0. The summed E-state index contributed by atoms with van der Waals surface area (Å²) in [5.41, 5.74) is 5.61. The van der Waals surface area contributed by atoms with Crippen LogP contribution in [-0.4, -0.2) is 11.8 Å². The summed E-state index contributed by atoms with van der Waals surface area (Å²) >= 11 is 0. The van der Waals surface area contributed by atoms with Crippen molar-refractivity contribution in [1.29, 1.82) is 0 Å². The van der Waals surface area contributed by atoms with Gasteiger partial charge in [0.05, 0.1) is 0 Å². The molecular formula is C23H22N2O2. The number of hydrogen-bond acceptors (Lipinski definition) is 2. The van der Waals surface area contributed by atoms with E-state index in [1.165, 1.54) is 0 Å². The number of hydrogen-bond donors (Lipinski definition) is 2. The molecule has 0 spiro atoms. The van der Waals surface area contributed by atoms with Gasteiger partial charge in [-0.3, -0.25) is 9.59 Å². The van der Waals surface area contributed by atoms with Gasteiger partial charge in [-0.15, -0.1) is 0 Å². The van der Waals surface area contributed by atoms with Crippen LogP contribution in [0.15, 0.2) is 66.7 Å². The Labute approximate surface area is 159 Å². The molecule has 0 atom stereocenters. The maximum atomic E-state index is 12.6. The molecule has 3 rings (SSSR count). The summed E-state index contributed by atoms with van der Waals surface area (Å²) in [5, 5.41) is 5.74. The molecule has 3 aromatic carbocycles. The van der Waals surface area contributed by atoms with Crippen molar-refractivity contribution in [2.45, 2.75) is 20.8 Å². The molecule has 4 nitrogen and oxygen atoms in total. The Morgan fingerprint density at radius 2 is 1.11 bits per heavy atom. The lowest BCUT2D eigenvalue weighted by molar-refractivity contribution is 0.102. The van der Waals surface area contributed by atoms with Crippen molar-refractivity contribution in [3.05, 3.63) is 94.5 Å². The van der Waals surface area contributed by atoms with Crippen molar-refractivity contribution >= 4 is 23.2 Å². The highest BCUT2D eigenvalue weighted by Crippen LogP contribution is 2.16. The second-order valence-electron chi connectivity index (χ2n) is 6.73.